The minimum absolute atomic E-state index is 0.105. The largest absolute Gasteiger partial charge is 0.357 e. The molecule has 1 aromatic carbocycles. The maximum Gasteiger partial charge on any atom is 0.191 e. The Morgan fingerprint density at radius 1 is 1.35 bits per heavy atom. The van der Waals surface area contributed by atoms with E-state index >= 15 is 0 Å². The summed E-state index contributed by atoms with van der Waals surface area (Å²) in [6, 6.07) is 8.39. The molecule has 0 aromatic heterocycles. The quantitative estimate of drug-likeness (QED) is 0.541. The molecule has 1 fully saturated rings. The van der Waals surface area contributed by atoms with E-state index in [4.69, 9.17) is 0 Å². The van der Waals surface area contributed by atoms with Crippen LogP contribution in [0.5, 0.6) is 0 Å². The Hall–Kier alpha value is -1.08. The predicted octanol–water partition coefficient (Wildman–Crippen LogP) is 2.08. The summed E-state index contributed by atoms with van der Waals surface area (Å²) in [4.78, 5) is 4.66. The Balaban J connectivity index is 1.99. The maximum absolute atomic E-state index is 11.2. The number of hydrogen-bond acceptors (Lipinski definition) is 3. The van der Waals surface area contributed by atoms with Crippen molar-refractivity contribution in [3.63, 3.8) is 0 Å². The van der Waals surface area contributed by atoms with Crippen LogP contribution in [0.4, 0.5) is 0 Å². The molecule has 7 heteroatoms. The number of nitrogens with one attached hydrogen (secondary N) is 2. The highest BCUT2D eigenvalue weighted by Gasteiger charge is 2.44. The van der Waals surface area contributed by atoms with Crippen LogP contribution in [-0.4, -0.2) is 46.0 Å². The third-order valence-corrected chi connectivity index (χ3v) is 5.38. The van der Waals surface area contributed by atoms with Gasteiger partial charge in [-0.2, -0.15) is 0 Å². The number of sulfone groups is 1. The number of hydrogen-bond donors (Lipinski definition) is 2. The second kappa shape index (κ2) is 7.66. The molecular formula is C16H24BrN3O2S. The van der Waals surface area contributed by atoms with Crippen molar-refractivity contribution in [2.75, 3.05) is 31.6 Å². The Bertz CT molecular complexity index is 670. The van der Waals surface area contributed by atoms with E-state index in [1.54, 1.807) is 0 Å². The van der Waals surface area contributed by atoms with E-state index in [9.17, 15) is 8.42 Å². The highest BCUT2D eigenvalue weighted by atomic mass is 79.9. The van der Waals surface area contributed by atoms with Gasteiger partial charge in [-0.15, -0.1) is 0 Å². The van der Waals surface area contributed by atoms with Gasteiger partial charge in [-0.1, -0.05) is 28.1 Å². The van der Waals surface area contributed by atoms with Crippen molar-refractivity contribution in [3.8, 4) is 0 Å². The molecule has 5 nitrogen and oxygen atoms in total. The third-order valence-electron chi connectivity index (χ3n) is 3.94. The van der Waals surface area contributed by atoms with E-state index in [1.165, 1.54) is 11.8 Å². The van der Waals surface area contributed by atoms with Gasteiger partial charge < -0.3 is 10.6 Å². The summed E-state index contributed by atoms with van der Waals surface area (Å²) < 4.78 is 23.5. The van der Waals surface area contributed by atoms with Gasteiger partial charge in [-0.25, -0.2) is 8.42 Å². The lowest BCUT2D eigenvalue weighted by Crippen LogP contribution is -2.40. The summed E-state index contributed by atoms with van der Waals surface area (Å²) >= 11 is 3.52. The molecular weight excluding hydrogens is 378 g/mol. The van der Waals surface area contributed by atoms with Crippen LogP contribution in [-0.2, 0) is 15.3 Å². The smallest absolute Gasteiger partial charge is 0.191 e. The zero-order chi connectivity index (χ0) is 16.9. The van der Waals surface area contributed by atoms with Gasteiger partial charge in [0.05, 0.1) is 12.3 Å². The van der Waals surface area contributed by atoms with E-state index in [1.807, 2.05) is 13.0 Å². The standard InChI is InChI=1S/C16H24BrN3O2S/c1-3-18-15(19-9-10-23(2,21)22)20-12-16(7-8-16)13-5-4-6-14(17)11-13/h4-6,11H,3,7-10,12H2,1-2H3,(H2,18,19,20). The zero-order valence-corrected chi connectivity index (χ0v) is 16.0. The molecule has 0 aliphatic heterocycles. The predicted molar refractivity (Wildman–Crippen MR) is 98.7 cm³/mol. The molecule has 0 unspecified atom stereocenters. The number of rotatable bonds is 7. The van der Waals surface area contributed by atoms with Crippen LogP contribution in [0.3, 0.4) is 0 Å². The van der Waals surface area contributed by atoms with Crippen molar-refractivity contribution in [1.82, 2.24) is 10.6 Å². The van der Waals surface area contributed by atoms with Gasteiger partial charge in [-0.3, -0.25) is 4.99 Å². The molecule has 1 aliphatic carbocycles. The molecule has 0 bridgehead atoms. The van der Waals surface area contributed by atoms with Crippen molar-refractivity contribution < 1.29 is 8.42 Å². The van der Waals surface area contributed by atoms with Crippen LogP contribution in [0, 0.1) is 0 Å². The summed E-state index contributed by atoms with van der Waals surface area (Å²) in [5.74, 6) is 0.784. The van der Waals surface area contributed by atoms with Crippen molar-refractivity contribution in [1.29, 1.82) is 0 Å². The first kappa shape index (κ1) is 18.3. The number of aliphatic imine (C=N–C) groups is 1. The van der Waals surface area contributed by atoms with Gasteiger partial charge in [0.15, 0.2) is 5.96 Å². The van der Waals surface area contributed by atoms with Crippen LogP contribution >= 0.6 is 15.9 Å². The summed E-state index contributed by atoms with van der Waals surface area (Å²) in [5, 5.41) is 6.26. The topological polar surface area (TPSA) is 70.6 Å². The zero-order valence-electron chi connectivity index (χ0n) is 13.6. The van der Waals surface area contributed by atoms with E-state index in [-0.39, 0.29) is 11.2 Å². The van der Waals surface area contributed by atoms with E-state index in [0.29, 0.717) is 19.0 Å². The van der Waals surface area contributed by atoms with Crippen molar-refractivity contribution in [2.24, 2.45) is 4.99 Å². The van der Waals surface area contributed by atoms with Gasteiger partial charge in [0.2, 0.25) is 0 Å². The molecule has 0 heterocycles. The summed E-state index contributed by atoms with van der Waals surface area (Å²) in [5.41, 5.74) is 1.44. The fourth-order valence-corrected chi connectivity index (χ4v) is 3.31. The van der Waals surface area contributed by atoms with E-state index in [2.05, 4.69) is 49.8 Å². The molecule has 0 saturated heterocycles. The Labute approximate surface area is 147 Å². The average Bonchev–Trinajstić information content (AvgIpc) is 3.25. The van der Waals surface area contributed by atoms with Crippen LogP contribution in [0.25, 0.3) is 0 Å². The molecule has 23 heavy (non-hydrogen) atoms. The van der Waals surface area contributed by atoms with Gasteiger partial charge in [0.1, 0.15) is 9.84 Å². The second-order valence-corrected chi connectivity index (χ2v) is 9.22. The van der Waals surface area contributed by atoms with E-state index in [0.717, 1.165) is 23.9 Å². The molecule has 1 aliphatic rings. The van der Waals surface area contributed by atoms with Gasteiger partial charge in [0.25, 0.3) is 0 Å². The number of nitrogens with zero attached hydrogens (tertiary/aromatic N) is 1. The number of halogens is 1. The Morgan fingerprint density at radius 3 is 2.65 bits per heavy atom. The average molecular weight is 402 g/mol. The monoisotopic (exact) mass is 401 g/mol. The molecule has 1 aromatic rings. The number of guanidine groups is 1. The minimum Gasteiger partial charge on any atom is -0.357 e. The van der Waals surface area contributed by atoms with Gasteiger partial charge >= 0.3 is 0 Å². The Kier molecular flexibility index (Phi) is 6.08. The van der Waals surface area contributed by atoms with Crippen molar-refractivity contribution >= 4 is 31.7 Å². The lowest BCUT2D eigenvalue weighted by atomic mass is 9.96. The molecule has 0 radical (unpaired) electrons. The number of benzene rings is 1. The molecule has 0 amide bonds. The lowest BCUT2D eigenvalue weighted by molar-refractivity contribution is 0.600. The first-order valence-electron chi connectivity index (χ1n) is 7.81. The van der Waals surface area contributed by atoms with Crippen LogP contribution < -0.4 is 10.6 Å². The third kappa shape index (κ3) is 5.80. The van der Waals surface area contributed by atoms with Crippen LogP contribution in [0.1, 0.15) is 25.3 Å². The molecule has 2 rings (SSSR count). The summed E-state index contributed by atoms with van der Waals surface area (Å²) in [7, 11) is -2.96. The van der Waals surface area contributed by atoms with Gasteiger partial charge in [0, 0.05) is 29.2 Å². The molecule has 1 saturated carbocycles. The lowest BCUT2D eigenvalue weighted by Gasteiger charge is -2.16. The minimum atomic E-state index is -2.96. The van der Waals surface area contributed by atoms with Crippen molar-refractivity contribution in [3.05, 3.63) is 34.3 Å². The molecule has 0 atom stereocenters. The van der Waals surface area contributed by atoms with Gasteiger partial charge in [-0.05, 0) is 37.5 Å². The van der Waals surface area contributed by atoms with E-state index < -0.39 is 9.84 Å². The molecule has 2 N–H and O–H groups in total. The molecule has 128 valence electrons. The first-order chi connectivity index (χ1) is 10.8. The van der Waals surface area contributed by atoms with Crippen LogP contribution in [0.15, 0.2) is 33.7 Å². The summed E-state index contributed by atoms with van der Waals surface area (Å²) in [6.45, 7) is 3.82. The fourth-order valence-electron chi connectivity index (χ4n) is 2.43. The summed E-state index contributed by atoms with van der Waals surface area (Å²) in [6.07, 6.45) is 3.51. The molecule has 0 spiro atoms. The maximum atomic E-state index is 11.2. The highest BCUT2D eigenvalue weighted by Crippen LogP contribution is 2.48. The van der Waals surface area contributed by atoms with Crippen LogP contribution in [0.2, 0.25) is 0 Å². The second-order valence-electron chi connectivity index (χ2n) is 6.04. The highest BCUT2D eigenvalue weighted by molar-refractivity contribution is 9.10. The first-order valence-corrected chi connectivity index (χ1v) is 10.7. The fraction of sp³-hybridized carbons (Fsp3) is 0.562. The normalized spacial score (nSPS) is 16.9. The van der Waals surface area contributed by atoms with Crippen molar-refractivity contribution in [2.45, 2.75) is 25.2 Å². The Morgan fingerprint density at radius 2 is 2.09 bits per heavy atom. The SMILES string of the molecule is CCNC(=NCC1(c2cccc(Br)c2)CC1)NCCS(C)(=O)=O.